The molecule has 0 aliphatic rings. The molecule has 158 valence electrons. The van der Waals surface area contributed by atoms with Gasteiger partial charge in [0.1, 0.15) is 0 Å². The third-order valence-corrected chi connectivity index (χ3v) is 5.08. The number of carboxylic acid groups (broad SMARTS) is 1. The van der Waals surface area contributed by atoms with Crippen LogP contribution in [-0.4, -0.2) is 17.6 Å². The van der Waals surface area contributed by atoms with Gasteiger partial charge in [-0.2, -0.15) is 0 Å². The van der Waals surface area contributed by atoms with Gasteiger partial charge in [0.15, 0.2) is 0 Å². The van der Waals surface area contributed by atoms with Crippen molar-refractivity contribution in [2.24, 2.45) is 0 Å². The Labute approximate surface area is 172 Å². The van der Waals surface area contributed by atoms with E-state index in [1.165, 1.54) is 63.4 Å². The first-order chi connectivity index (χ1) is 13.7. The Hall–Kier alpha value is -1.77. The molecular formula is C25H41NO2. The normalized spacial score (nSPS) is 11.2. The van der Waals surface area contributed by atoms with Gasteiger partial charge in [-0.25, -0.2) is 0 Å². The van der Waals surface area contributed by atoms with Crippen LogP contribution in [0.1, 0.15) is 96.0 Å². The van der Waals surface area contributed by atoms with E-state index in [0.717, 1.165) is 31.5 Å². The molecule has 0 amide bonds. The highest BCUT2D eigenvalue weighted by Crippen LogP contribution is 2.12. The van der Waals surface area contributed by atoms with Gasteiger partial charge in [0.05, 0.1) is 0 Å². The Morgan fingerprint density at radius 1 is 0.857 bits per heavy atom. The van der Waals surface area contributed by atoms with E-state index in [9.17, 15) is 4.79 Å². The van der Waals surface area contributed by atoms with Gasteiger partial charge in [-0.15, -0.1) is 0 Å². The highest BCUT2D eigenvalue weighted by molar-refractivity contribution is 5.66. The molecule has 0 atom stereocenters. The first kappa shape index (κ1) is 24.3. The maximum atomic E-state index is 10.5. The molecule has 0 aliphatic carbocycles. The lowest BCUT2D eigenvalue weighted by molar-refractivity contribution is -0.137. The topological polar surface area (TPSA) is 49.3 Å². The summed E-state index contributed by atoms with van der Waals surface area (Å²) in [5.41, 5.74) is 2.35. The molecular weight excluding hydrogens is 346 g/mol. The largest absolute Gasteiger partial charge is 0.481 e. The lowest BCUT2D eigenvalue weighted by Gasteiger charge is -2.06. The van der Waals surface area contributed by atoms with Crippen molar-refractivity contribution >= 4 is 11.7 Å². The van der Waals surface area contributed by atoms with E-state index in [-0.39, 0.29) is 6.42 Å². The molecule has 1 rings (SSSR count). The maximum Gasteiger partial charge on any atom is 0.303 e. The Morgan fingerprint density at radius 3 is 2.11 bits per heavy atom. The summed E-state index contributed by atoms with van der Waals surface area (Å²) in [6, 6.07) is 8.37. The molecule has 0 aromatic heterocycles. The van der Waals surface area contributed by atoms with Gasteiger partial charge in [-0.3, -0.25) is 4.79 Å². The summed E-state index contributed by atoms with van der Waals surface area (Å²) in [4.78, 5) is 10.5. The number of anilines is 1. The molecule has 0 fully saturated rings. The van der Waals surface area contributed by atoms with E-state index >= 15 is 0 Å². The summed E-state index contributed by atoms with van der Waals surface area (Å²) >= 11 is 0. The Balaban J connectivity index is 1.95. The molecule has 0 saturated heterocycles. The molecule has 1 aromatic rings. The molecule has 0 heterocycles. The number of benzene rings is 1. The average Bonchev–Trinajstić information content (AvgIpc) is 2.69. The van der Waals surface area contributed by atoms with Crippen LogP contribution in [0.25, 0.3) is 0 Å². The average molecular weight is 388 g/mol. The summed E-state index contributed by atoms with van der Waals surface area (Å²) in [6.45, 7) is 3.26. The van der Waals surface area contributed by atoms with Gasteiger partial charge in [0.25, 0.3) is 0 Å². The van der Waals surface area contributed by atoms with Crippen LogP contribution in [0.4, 0.5) is 5.69 Å². The number of allylic oxidation sites excluding steroid dienone is 2. The van der Waals surface area contributed by atoms with Crippen LogP contribution in [0.2, 0.25) is 0 Å². The molecule has 1 aromatic carbocycles. The number of aliphatic carboxylic acids is 1. The molecule has 0 bridgehead atoms. The second-order valence-electron chi connectivity index (χ2n) is 7.75. The van der Waals surface area contributed by atoms with E-state index in [2.05, 4.69) is 48.7 Å². The molecule has 0 spiro atoms. The quantitative estimate of drug-likeness (QED) is 0.204. The van der Waals surface area contributed by atoms with Crippen molar-refractivity contribution in [3.63, 3.8) is 0 Å². The minimum absolute atomic E-state index is 0.243. The van der Waals surface area contributed by atoms with Crippen molar-refractivity contribution in [1.29, 1.82) is 0 Å². The number of hydrogen-bond donors (Lipinski definition) is 2. The van der Waals surface area contributed by atoms with Crippen molar-refractivity contribution in [2.75, 3.05) is 11.9 Å². The van der Waals surface area contributed by atoms with Crippen LogP contribution in [0, 0.1) is 0 Å². The van der Waals surface area contributed by atoms with Gasteiger partial charge in [-0.05, 0) is 56.2 Å². The zero-order valence-electron chi connectivity index (χ0n) is 17.9. The summed E-state index contributed by atoms with van der Waals surface area (Å²) in [5.74, 6) is -0.717. The second kappa shape index (κ2) is 17.3. The van der Waals surface area contributed by atoms with Crippen molar-refractivity contribution in [1.82, 2.24) is 0 Å². The van der Waals surface area contributed by atoms with Crippen LogP contribution in [-0.2, 0) is 11.2 Å². The molecule has 3 nitrogen and oxygen atoms in total. The van der Waals surface area contributed by atoms with Crippen molar-refractivity contribution < 1.29 is 9.90 Å². The van der Waals surface area contributed by atoms with Crippen molar-refractivity contribution in [3.05, 3.63) is 42.0 Å². The minimum Gasteiger partial charge on any atom is -0.481 e. The lowest BCUT2D eigenvalue weighted by atomic mass is 10.1. The molecule has 0 aliphatic heterocycles. The summed E-state index contributed by atoms with van der Waals surface area (Å²) in [7, 11) is 0. The van der Waals surface area contributed by atoms with Crippen molar-refractivity contribution in [3.8, 4) is 0 Å². The SMILES string of the molecule is CCCCCCCCCCC=CCCCNc1ccc(CCCC(=O)O)cc1. The third kappa shape index (κ3) is 14.3. The predicted molar refractivity (Wildman–Crippen MR) is 121 cm³/mol. The Kier molecular flexibility index (Phi) is 15.0. The number of nitrogens with one attached hydrogen (secondary N) is 1. The van der Waals surface area contributed by atoms with E-state index < -0.39 is 5.97 Å². The van der Waals surface area contributed by atoms with Crippen LogP contribution in [0.15, 0.2) is 36.4 Å². The molecule has 0 radical (unpaired) electrons. The number of unbranched alkanes of at least 4 members (excludes halogenated alkanes) is 9. The monoisotopic (exact) mass is 387 g/mol. The predicted octanol–water partition coefficient (Wildman–Crippen LogP) is 7.37. The van der Waals surface area contributed by atoms with Crippen molar-refractivity contribution in [2.45, 2.75) is 96.8 Å². The number of carboxylic acids is 1. The maximum absolute atomic E-state index is 10.5. The number of aryl methyl sites for hydroxylation is 1. The van der Waals surface area contributed by atoms with Crippen LogP contribution >= 0.6 is 0 Å². The lowest BCUT2D eigenvalue weighted by Crippen LogP contribution is -2.01. The first-order valence-corrected chi connectivity index (χ1v) is 11.4. The van der Waals surface area contributed by atoms with Crippen LogP contribution in [0.3, 0.4) is 0 Å². The van der Waals surface area contributed by atoms with Gasteiger partial charge in [0, 0.05) is 18.7 Å². The zero-order valence-corrected chi connectivity index (χ0v) is 17.9. The standard InChI is InChI=1S/C25H41NO2/c1-2-3-4-5-6-7-8-9-10-11-12-13-14-22-26-24-20-18-23(19-21-24)16-15-17-25(27)28/h11-12,18-21,26H,2-10,13-17,22H2,1H3,(H,27,28). The van der Waals surface area contributed by atoms with Gasteiger partial charge in [-0.1, -0.05) is 76.2 Å². The molecule has 0 unspecified atom stereocenters. The Morgan fingerprint density at radius 2 is 1.46 bits per heavy atom. The minimum atomic E-state index is -0.717. The number of hydrogen-bond acceptors (Lipinski definition) is 2. The molecule has 28 heavy (non-hydrogen) atoms. The van der Waals surface area contributed by atoms with Gasteiger partial charge < -0.3 is 10.4 Å². The van der Waals surface area contributed by atoms with Gasteiger partial charge >= 0.3 is 5.97 Å². The fraction of sp³-hybridized carbons (Fsp3) is 0.640. The summed E-state index contributed by atoms with van der Waals surface area (Å²) in [6.07, 6.45) is 21.1. The highest BCUT2D eigenvalue weighted by Gasteiger charge is 1.99. The molecule has 0 saturated carbocycles. The summed E-state index contributed by atoms with van der Waals surface area (Å²) in [5, 5.41) is 12.1. The third-order valence-electron chi connectivity index (χ3n) is 5.08. The first-order valence-electron chi connectivity index (χ1n) is 11.4. The van der Waals surface area contributed by atoms with E-state index in [0.29, 0.717) is 6.42 Å². The second-order valence-corrected chi connectivity index (χ2v) is 7.75. The molecule has 3 heteroatoms. The fourth-order valence-corrected chi connectivity index (χ4v) is 3.32. The number of rotatable bonds is 18. The summed E-state index contributed by atoms with van der Waals surface area (Å²) < 4.78 is 0. The smallest absolute Gasteiger partial charge is 0.303 e. The van der Waals surface area contributed by atoms with Crippen LogP contribution in [0.5, 0.6) is 0 Å². The van der Waals surface area contributed by atoms with E-state index in [1.54, 1.807) is 0 Å². The molecule has 2 N–H and O–H groups in total. The highest BCUT2D eigenvalue weighted by atomic mass is 16.4. The van der Waals surface area contributed by atoms with E-state index in [4.69, 9.17) is 5.11 Å². The number of carbonyl (C=O) groups is 1. The van der Waals surface area contributed by atoms with E-state index in [1.807, 2.05) is 0 Å². The van der Waals surface area contributed by atoms with Gasteiger partial charge in [0.2, 0.25) is 0 Å². The Bertz CT molecular complexity index is 522. The van der Waals surface area contributed by atoms with Crippen LogP contribution < -0.4 is 5.32 Å². The fourth-order valence-electron chi connectivity index (χ4n) is 3.32. The zero-order chi connectivity index (χ0) is 20.3.